The summed E-state index contributed by atoms with van der Waals surface area (Å²) in [6.45, 7) is 8.19. The Morgan fingerprint density at radius 2 is 1.94 bits per heavy atom. The van der Waals surface area contributed by atoms with E-state index in [1.165, 1.54) is 24.4 Å². The van der Waals surface area contributed by atoms with Crippen LogP contribution in [0, 0.1) is 5.92 Å². The van der Waals surface area contributed by atoms with Crippen LogP contribution in [-0.4, -0.2) is 34.1 Å². The van der Waals surface area contributed by atoms with Gasteiger partial charge in [-0.05, 0) is 17.0 Å². The first-order chi connectivity index (χ1) is 8.69. The topological polar surface area (TPSA) is 23.5 Å². The summed E-state index contributed by atoms with van der Waals surface area (Å²) in [5.41, 5.74) is 2.34. The molecule has 1 fully saturated rings. The molecule has 1 aromatic carbocycles. The maximum atomic E-state index is 9.03. The molecule has 100 valence electrons. The van der Waals surface area contributed by atoms with Gasteiger partial charge in [0.05, 0.1) is 6.61 Å². The van der Waals surface area contributed by atoms with Gasteiger partial charge in [0.25, 0.3) is 0 Å². The Kier molecular flexibility index (Phi) is 5.10. The Morgan fingerprint density at radius 1 is 1.28 bits per heavy atom. The van der Waals surface area contributed by atoms with E-state index >= 15 is 0 Å². The minimum absolute atomic E-state index is 0.135. The highest BCUT2D eigenvalue weighted by Gasteiger charge is 2.22. The fraction of sp³-hybridized carbons (Fsp3) is 0.600. The Morgan fingerprint density at radius 3 is 2.56 bits per heavy atom. The van der Waals surface area contributed by atoms with Crippen molar-refractivity contribution >= 4 is 11.8 Å². The van der Waals surface area contributed by atoms with Gasteiger partial charge >= 0.3 is 0 Å². The molecule has 0 aromatic heterocycles. The lowest BCUT2D eigenvalue weighted by molar-refractivity contribution is 0.260. The van der Waals surface area contributed by atoms with Gasteiger partial charge in [-0.15, -0.1) is 0 Å². The molecule has 1 aliphatic rings. The summed E-state index contributed by atoms with van der Waals surface area (Å²) in [4.78, 5) is 2.55. The maximum absolute atomic E-state index is 9.03. The van der Waals surface area contributed by atoms with Crippen LogP contribution in [0.1, 0.15) is 25.0 Å². The van der Waals surface area contributed by atoms with Crippen molar-refractivity contribution in [1.29, 1.82) is 0 Å². The van der Waals surface area contributed by atoms with Crippen LogP contribution >= 0.6 is 11.8 Å². The zero-order chi connectivity index (χ0) is 13.0. The van der Waals surface area contributed by atoms with Crippen molar-refractivity contribution in [2.45, 2.75) is 32.2 Å². The van der Waals surface area contributed by atoms with E-state index in [2.05, 4.69) is 42.6 Å². The number of hydrogen-bond donors (Lipinski definition) is 1. The number of aliphatic hydroxyl groups is 1. The Bertz CT molecular complexity index is 363. The van der Waals surface area contributed by atoms with Crippen LogP contribution in [0.25, 0.3) is 0 Å². The molecule has 1 atom stereocenters. The van der Waals surface area contributed by atoms with Gasteiger partial charge in [-0.1, -0.05) is 38.1 Å². The van der Waals surface area contributed by atoms with Gasteiger partial charge in [-0.2, -0.15) is 11.8 Å². The zero-order valence-electron chi connectivity index (χ0n) is 11.3. The minimum atomic E-state index is 0.135. The van der Waals surface area contributed by atoms with Crippen molar-refractivity contribution in [3.05, 3.63) is 35.4 Å². The number of nitrogens with zero attached hydrogens (tertiary/aromatic N) is 1. The predicted octanol–water partition coefficient (Wildman–Crippen LogP) is 2.75. The first-order valence-corrected chi connectivity index (χ1v) is 7.76. The third-order valence-corrected chi connectivity index (χ3v) is 5.07. The predicted molar refractivity (Wildman–Crippen MR) is 78.7 cm³/mol. The van der Waals surface area contributed by atoms with E-state index in [0.29, 0.717) is 0 Å². The molecular formula is C15H23NOS. The van der Waals surface area contributed by atoms with E-state index in [9.17, 15) is 0 Å². The molecule has 1 aliphatic heterocycles. The monoisotopic (exact) mass is 265 g/mol. The quantitative estimate of drug-likeness (QED) is 0.905. The van der Waals surface area contributed by atoms with E-state index in [1.807, 2.05) is 12.1 Å². The largest absolute Gasteiger partial charge is 0.392 e. The molecule has 18 heavy (non-hydrogen) atoms. The number of rotatable bonds is 4. The SMILES string of the molecule is CC(C)C1CN(Cc2ccc(CO)cc2)CCS1. The molecule has 0 aliphatic carbocycles. The van der Waals surface area contributed by atoms with Crippen molar-refractivity contribution in [2.75, 3.05) is 18.8 Å². The second kappa shape index (κ2) is 6.60. The van der Waals surface area contributed by atoms with E-state index in [1.54, 1.807) is 0 Å². The first-order valence-electron chi connectivity index (χ1n) is 6.71. The number of thioether (sulfide) groups is 1. The molecule has 1 aromatic rings. The smallest absolute Gasteiger partial charge is 0.0681 e. The maximum Gasteiger partial charge on any atom is 0.0681 e. The average molecular weight is 265 g/mol. The van der Waals surface area contributed by atoms with Crippen LogP contribution in [0.5, 0.6) is 0 Å². The van der Waals surface area contributed by atoms with Crippen LogP contribution in [0.3, 0.4) is 0 Å². The molecule has 1 N–H and O–H groups in total. The summed E-state index contributed by atoms with van der Waals surface area (Å²) in [6.07, 6.45) is 0. The molecular weight excluding hydrogens is 242 g/mol. The van der Waals surface area contributed by atoms with Gasteiger partial charge in [-0.25, -0.2) is 0 Å². The van der Waals surface area contributed by atoms with Gasteiger partial charge in [0.1, 0.15) is 0 Å². The molecule has 0 saturated carbocycles. The van der Waals surface area contributed by atoms with Gasteiger partial charge < -0.3 is 5.11 Å². The summed E-state index contributed by atoms with van der Waals surface area (Å²) >= 11 is 2.12. The summed E-state index contributed by atoms with van der Waals surface area (Å²) in [5, 5.41) is 9.81. The average Bonchev–Trinajstić information content (AvgIpc) is 2.40. The highest BCUT2D eigenvalue weighted by atomic mass is 32.2. The number of aliphatic hydroxyl groups excluding tert-OH is 1. The fourth-order valence-electron chi connectivity index (χ4n) is 2.29. The lowest BCUT2D eigenvalue weighted by Gasteiger charge is -2.34. The van der Waals surface area contributed by atoms with Crippen molar-refractivity contribution in [1.82, 2.24) is 4.90 Å². The second-order valence-electron chi connectivity index (χ2n) is 5.36. The Labute approximate surface area is 114 Å². The molecule has 0 radical (unpaired) electrons. The van der Waals surface area contributed by atoms with Gasteiger partial charge in [0.2, 0.25) is 0 Å². The Balaban J connectivity index is 1.91. The van der Waals surface area contributed by atoms with Crippen LogP contribution in [0.2, 0.25) is 0 Å². The standard InChI is InChI=1S/C15H23NOS/c1-12(2)15-10-16(7-8-18-15)9-13-3-5-14(11-17)6-4-13/h3-6,12,15,17H,7-11H2,1-2H3. The van der Waals surface area contributed by atoms with Crippen LogP contribution < -0.4 is 0 Å². The fourth-order valence-corrected chi connectivity index (χ4v) is 3.65. The van der Waals surface area contributed by atoms with Crippen molar-refractivity contribution in [2.24, 2.45) is 5.92 Å². The highest BCUT2D eigenvalue weighted by Crippen LogP contribution is 2.25. The molecule has 1 saturated heterocycles. The summed E-state index contributed by atoms with van der Waals surface area (Å²) in [6, 6.07) is 8.32. The summed E-state index contributed by atoms with van der Waals surface area (Å²) in [5.74, 6) is 2.01. The van der Waals surface area contributed by atoms with E-state index < -0.39 is 0 Å². The molecule has 0 spiro atoms. The molecule has 2 rings (SSSR count). The molecule has 1 heterocycles. The van der Waals surface area contributed by atoms with Crippen LogP contribution in [-0.2, 0) is 13.2 Å². The van der Waals surface area contributed by atoms with Crippen molar-refractivity contribution in [3.63, 3.8) is 0 Å². The van der Waals surface area contributed by atoms with Crippen molar-refractivity contribution < 1.29 is 5.11 Å². The number of hydrogen-bond acceptors (Lipinski definition) is 3. The minimum Gasteiger partial charge on any atom is -0.392 e. The Hall–Kier alpha value is -0.510. The highest BCUT2D eigenvalue weighted by molar-refractivity contribution is 8.00. The molecule has 0 bridgehead atoms. The summed E-state index contributed by atoms with van der Waals surface area (Å²) in [7, 11) is 0. The lowest BCUT2D eigenvalue weighted by atomic mass is 10.1. The van der Waals surface area contributed by atoms with E-state index in [-0.39, 0.29) is 6.61 Å². The molecule has 1 unspecified atom stereocenters. The molecule has 2 nitrogen and oxygen atoms in total. The van der Waals surface area contributed by atoms with Crippen LogP contribution in [0.15, 0.2) is 24.3 Å². The second-order valence-corrected chi connectivity index (χ2v) is 6.71. The first kappa shape index (κ1) is 13.9. The normalized spacial score (nSPS) is 21.4. The summed E-state index contributed by atoms with van der Waals surface area (Å²) < 4.78 is 0. The van der Waals surface area contributed by atoms with E-state index in [0.717, 1.165) is 23.3 Å². The zero-order valence-corrected chi connectivity index (χ0v) is 12.1. The number of benzene rings is 1. The third kappa shape index (κ3) is 3.74. The van der Waals surface area contributed by atoms with Gasteiger partial charge in [0, 0.05) is 30.6 Å². The molecule has 0 amide bonds. The lowest BCUT2D eigenvalue weighted by Crippen LogP contribution is -2.39. The third-order valence-electron chi connectivity index (χ3n) is 3.53. The van der Waals surface area contributed by atoms with Crippen molar-refractivity contribution in [3.8, 4) is 0 Å². The van der Waals surface area contributed by atoms with E-state index in [4.69, 9.17) is 5.11 Å². The van der Waals surface area contributed by atoms with Crippen LogP contribution in [0.4, 0.5) is 0 Å². The van der Waals surface area contributed by atoms with Gasteiger partial charge in [0.15, 0.2) is 0 Å². The molecule has 3 heteroatoms. The van der Waals surface area contributed by atoms with Gasteiger partial charge in [-0.3, -0.25) is 4.90 Å².